The van der Waals surface area contributed by atoms with Gasteiger partial charge in [-0.05, 0) is 117 Å². The van der Waals surface area contributed by atoms with Gasteiger partial charge in [-0.25, -0.2) is 0 Å². The van der Waals surface area contributed by atoms with Gasteiger partial charge in [-0.2, -0.15) is 0 Å². The SMILES string of the molecule is COc1ccc2nccc([C@@H](O)CCC3CCN(CCCc4sccc4C)CC3CCC(=O)O)c2c1. The van der Waals surface area contributed by atoms with E-state index < -0.39 is 12.1 Å². The smallest absolute Gasteiger partial charge is 0.303 e. The summed E-state index contributed by atoms with van der Waals surface area (Å²) in [5, 5.41) is 23.5. The van der Waals surface area contributed by atoms with Crippen molar-refractivity contribution in [2.75, 3.05) is 26.7 Å². The van der Waals surface area contributed by atoms with Gasteiger partial charge in [-0.3, -0.25) is 9.78 Å². The predicted molar refractivity (Wildman–Crippen MR) is 145 cm³/mol. The fourth-order valence-electron chi connectivity index (χ4n) is 5.59. The molecule has 1 aliphatic rings. The summed E-state index contributed by atoms with van der Waals surface area (Å²) in [7, 11) is 1.64. The number of methoxy groups -OCH3 is 1. The second-order valence-corrected chi connectivity index (χ2v) is 11.0. The Morgan fingerprint density at radius 1 is 1.25 bits per heavy atom. The number of piperidine rings is 1. The number of thiophene rings is 1. The van der Waals surface area contributed by atoms with E-state index in [2.05, 4.69) is 28.3 Å². The maximum absolute atomic E-state index is 11.3. The van der Waals surface area contributed by atoms with E-state index in [1.54, 1.807) is 13.3 Å². The number of carboxylic acid groups (broad SMARTS) is 1. The minimum Gasteiger partial charge on any atom is -0.497 e. The molecule has 2 unspecified atom stereocenters. The maximum atomic E-state index is 11.3. The lowest BCUT2D eigenvalue weighted by Crippen LogP contribution is -2.41. The number of aliphatic carboxylic acids is 1. The number of nitrogens with zero attached hydrogens (tertiary/aromatic N) is 2. The zero-order valence-corrected chi connectivity index (χ0v) is 22.2. The Labute approximate surface area is 217 Å². The van der Waals surface area contributed by atoms with Gasteiger partial charge in [0.25, 0.3) is 0 Å². The summed E-state index contributed by atoms with van der Waals surface area (Å²) in [5.74, 6) is 0.799. The van der Waals surface area contributed by atoms with Crippen LogP contribution in [0.3, 0.4) is 0 Å². The molecule has 3 atom stereocenters. The highest BCUT2D eigenvalue weighted by molar-refractivity contribution is 7.10. The number of pyridine rings is 1. The van der Waals surface area contributed by atoms with Crippen molar-refractivity contribution < 1.29 is 19.7 Å². The largest absolute Gasteiger partial charge is 0.497 e. The molecule has 2 N–H and O–H groups in total. The van der Waals surface area contributed by atoms with E-state index in [0.29, 0.717) is 24.7 Å². The molecule has 0 aliphatic carbocycles. The number of fused-ring (bicyclic) bond motifs is 1. The van der Waals surface area contributed by atoms with E-state index in [9.17, 15) is 15.0 Å². The summed E-state index contributed by atoms with van der Waals surface area (Å²) in [6.45, 7) is 5.23. The number of aryl methyl sites for hydroxylation is 2. The maximum Gasteiger partial charge on any atom is 0.303 e. The Hall–Kier alpha value is -2.48. The first-order valence-corrected chi connectivity index (χ1v) is 13.9. The monoisotopic (exact) mass is 510 g/mol. The third kappa shape index (κ3) is 6.84. The van der Waals surface area contributed by atoms with Gasteiger partial charge in [0, 0.05) is 29.4 Å². The number of likely N-dealkylation sites (tertiary alicyclic amines) is 1. The van der Waals surface area contributed by atoms with E-state index in [1.165, 1.54) is 10.4 Å². The fraction of sp³-hybridized carbons (Fsp3) is 0.517. The molecule has 0 bridgehead atoms. The third-order valence-corrected chi connectivity index (χ3v) is 8.79. The lowest BCUT2D eigenvalue weighted by Gasteiger charge is -2.39. The summed E-state index contributed by atoms with van der Waals surface area (Å²) < 4.78 is 5.38. The standard InChI is InChI=1S/C29H38N2O4S/c1-20-13-17-36-28(20)4-3-15-31-16-12-21(22(19-31)6-10-29(33)34)5-9-27(32)24-11-14-30-26-8-7-23(35-2)18-25(24)26/h7-8,11,13-14,17-18,21-22,27,32H,3-6,9-10,12,15-16,19H2,1-2H3,(H,33,34)/t21?,22?,27-/m0/s1. The van der Waals surface area contributed by atoms with Crippen LogP contribution in [0.1, 0.15) is 60.6 Å². The zero-order valence-electron chi connectivity index (χ0n) is 21.4. The molecule has 2 aromatic heterocycles. The normalized spacial score (nSPS) is 19.4. The summed E-state index contributed by atoms with van der Waals surface area (Å²) >= 11 is 1.84. The first kappa shape index (κ1) is 26.6. The van der Waals surface area contributed by atoms with Crippen LogP contribution in [0, 0.1) is 18.8 Å². The second-order valence-electron chi connectivity index (χ2n) is 10.0. The molecule has 1 fully saturated rings. The number of aliphatic hydroxyl groups is 1. The lowest BCUT2D eigenvalue weighted by atomic mass is 9.79. The minimum atomic E-state index is -0.726. The van der Waals surface area contributed by atoms with Gasteiger partial charge >= 0.3 is 5.97 Å². The number of rotatable bonds is 12. The number of benzene rings is 1. The molecule has 0 saturated carbocycles. The fourth-order valence-corrected chi connectivity index (χ4v) is 6.54. The third-order valence-electron chi connectivity index (χ3n) is 7.70. The van der Waals surface area contributed by atoms with Crippen LogP contribution in [0.2, 0.25) is 0 Å². The number of aliphatic hydroxyl groups excluding tert-OH is 1. The second kappa shape index (κ2) is 12.7. The number of carboxylic acids is 1. The van der Waals surface area contributed by atoms with Crippen LogP contribution in [0.15, 0.2) is 41.9 Å². The van der Waals surface area contributed by atoms with Gasteiger partial charge in [-0.15, -0.1) is 11.3 Å². The van der Waals surface area contributed by atoms with Gasteiger partial charge in [0.2, 0.25) is 0 Å². The average molecular weight is 511 g/mol. The number of hydrogen-bond donors (Lipinski definition) is 2. The Balaban J connectivity index is 1.36. The Morgan fingerprint density at radius 3 is 2.86 bits per heavy atom. The molecule has 6 nitrogen and oxygen atoms in total. The van der Waals surface area contributed by atoms with Gasteiger partial charge in [0.1, 0.15) is 5.75 Å². The number of hydrogen-bond acceptors (Lipinski definition) is 6. The number of carbonyl (C=O) groups is 1. The van der Waals surface area contributed by atoms with E-state index in [1.807, 2.05) is 35.6 Å². The van der Waals surface area contributed by atoms with Gasteiger partial charge < -0.3 is 19.8 Å². The van der Waals surface area contributed by atoms with Crippen molar-refractivity contribution in [1.29, 1.82) is 0 Å². The quantitative estimate of drug-likeness (QED) is 0.317. The highest BCUT2D eigenvalue weighted by Crippen LogP contribution is 2.35. The van der Waals surface area contributed by atoms with E-state index in [0.717, 1.165) is 67.5 Å². The summed E-state index contributed by atoms with van der Waals surface area (Å²) in [6, 6.07) is 9.82. The van der Waals surface area contributed by atoms with Crippen molar-refractivity contribution in [1.82, 2.24) is 9.88 Å². The number of aromatic nitrogens is 1. The predicted octanol–water partition coefficient (Wildman–Crippen LogP) is 5.86. The van der Waals surface area contributed by atoms with Crippen molar-refractivity contribution >= 4 is 28.2 Å². The highest BCUT2D eigenvalue weighted by atomic mass is 32.1. The molecule has 194 valence electrons. The molecule has 1 aliphatic heterocycles. The van der Waals surface area contributed by atoms with Gasteiger partial charge in [-0.1, -0.05) is 0 Å². The molecule has 36 heavy (non-hydrogen) atoms. The molecule has 3 aromatic rings. The van der Waals surface area contributed by atoms with E-state index >= 15 is 0 Å². The van der Waals surface area contributed by atoms with Crippen LogP contribution in [-0.2, 0) is 11.2 Å². The first-order valence-electron chi connectivity index (χ1n) is 13.0. The Kier molecular flexibility index (Phi) is 9.35. The molecule has 7 heteroatoms. The van der Waals surface area contributed by atoms with Crippen molar-refractivity contribution in [3.05, 3.63) is 57.9 Å². The molecule has 0 radical (unpaired) electrons. The van der Waals surface area contributed by atoms with Crippen LogP contribution >= 0.6 is 11.3 Å². The van der Waals surface area contributed by atoms with Crippen molar-refractivity contribution in [2.45, 2.75) is 58.0 Å². The molecule has 1 aromatic carbocycles. The highest BCUT2D eigenvalue weighted by Gasteiger charge is 2.30. The van der Waals surface area contributed by atoms with Crippen LogP contribution in [0.4, 0.5) is 0 Å². The summed E-state index contributed by atoms with van der Waals surface area (Å²) in [6.07, 6.45) is 6.92. The Bertz CT molecular complexity index is 1150. The van der Waals surface area contributed by atoms with E-state index in [-0.39, 0.29) is 6.42 Å². The first-order chi connectivity index (χ1) is 17.4. The molecule has 0 spiro atoms. The lowest BCUT2D eigenvalue weighted by molar-refractivity contribution is -0.137. The van der Waals surface area contributed by atoms with E-state index in [4.69, 9.17) is 4.74 Å². The Morgan fingerprint density at radius 2 is 2.11 bits per heavy atom. The van der Waals surface area contributed by atoms with Crippen molar-refractivity contribution in [3.63, 3.8) is 0 Å². The van der Waals surface area contributed by atoms with Gasteiger partial charge in [0.05, 0.1) is 18.7 Å². The minimum absolute atomic E-state index is 0.209. The van der Waals surface area contributed by atoms with Crippen LogP contribution < -0.4 is 4.74 Å². The molecular weight excluding hydrogens is 472 g/mol. The molecular formula is C29H38N2O4S. The van der Waals surface area contributed by atoms with Gasteiger partial charge in [0.15, 0.2) is 0 Å². The van der Waals surface area contributed by atoms with Crippen molar-refractivity contribution in [3.8, 4) is 5.75 Å². The topological polar surface area (TPSA) is 82.9 Å². The molecule has 4 rings (SSSR count). The molecule has 0 amide bonds. The summed E-state index contributed by atoms with van der Waals surface area (Å²) in [4.78, 5) is 19.7. The summed E-state index contributed by atoms with van der Waals surface area (Å²) in [5.41, 5.74) is 3.11. The van der Waals surface area contributed by atoms with Crippen LogP contribution in [-0.4, -0.2) is 52.8 Å². The van der Waals surface area contributed by atoms with Crippen molar-refractivity contribution in [2.24, 2.45) is 11.8 Å². The zero-order chi connectivity index (χ0) is 25.5. The molecule has 1 saturated heterocycles. The average Bonchev–Trinajstić information content (AvgIpc) is 3.30. The van der Waals surface area contributed by atoms with Crippen LogP contribution in [0.5, 0.6) is 5.75 Å². The molecule has 3 heterocycles. The number of ether oxygens (including phenoxy) is 1. The van der Waals surface area contributed by atoms with Crippen LogP contribution in [0.25, 0.3) is 10.9 Å².